The van der Waals surface area contributed by atoms with Crippen LogP contribution in [0.3, 0.4) is 0 Å². The molecule has 0 aliphatic heterocycles. The first-order chi connectivity index (χ1) is 9.77. The van der Waals surface area contributed by atoms with Crippen LogP contribution in [0.15, 0.2) is 0 Å². The maximum Gasteiger partial charge on any atom is 0.306 e. The van der Waals surface area contributed by atoms with Gasteiger partial charge in [-0.3, -0.25) is 9.59 Å². The topological polar surface area (TPSA) is 74.6 Å². The van der Waals surface area contributed by atoms with Gasteiger partial charge in [-0.2, -0.15) is 0 Å². The molecule has 4 nitrogen and oxygen atoms in total. The summed E-state index contributed by atoms with van der Waals surface area (Å²) in [6, 6.07) is 0. The Morgan fingerprint density at radius 1 is 0.952 bits per heavy atom. The van der Waals surface area contributed by atoms with Crippen molar-refractivity contribution in [3.05, 3.63) is 0 Å². The maximum atomic E-state index is 11.1. The highest BCUT2D eigenvalue weighted by molar-refractivity contribution is 5.69. The van der Waals surface area contributed by atoms with Crippen molar-refractivity contribution < 1.29 is 19.8 Å². The van der Waals surface area contributed by atoms with Crippen LogP contribution in [0.25, 0.3) is 0 Å². The van der Waals surface area contributed by atoms with Crippen LogP contribution in [-0.2, 0) is 9.59 Å². The summed E-state index contributed by atoms with van der Waals surface area (Å²) in [6.45, 7) is 8.12. The number of hydrogen-bond acceptors (Lipinski definition) is 2. The van der Waals surface area contributed by atoms with Gasteiger partial charge in [-0.1, -0.05) is 53.4 Å². The van der Waals surface area contributed by atoms with Gasteiger partial charge in [0.05, 0.1) is 5.92 Å². The molecule has 0 aromatic rings. The normalized spacial score (nSPS) is 15.7. The van der Waals surface area contributed by atoms with Gasteiger partial charge in [0.25, 0.3) is 0 Å². The molecule has 0 fully saturated rings. The lowest BCUT2D eigenvalue weighted by atomic mass is 9.78. The zero-order valence-electron chi connectivity index (χ0n) is 14.0. The molecule has 0 rings (SSSR count). The zero-order chi connectivity index (χ0) is 16.4. The summed E-state index contributed by atoms with van der Waals surface area (Å²) in [5.74, 6) is -0.675. The predicted octanol–water partition coefficient (Wildman–Crippen LogP) is 4.43. The Morgan fingerprint density at radius 2 is 1.57 bits per heavy atom. The highest BCUT2D eigenvalue weighted by atomic mass is 16.4. The molecule has 0 spiro atoms. The first kappa shape index (κ1) is 19.9. The third kappa shape index (κ3) is 9.48. The lowest BCUT2D eigenvalue weighted by Gasteiger charge is -2.27. The summed E-state index contributed by atoms with van der Waals surface area (Å²) in [4.78, 5) is 21.9. The Morgan fingerprint density at radius 3 is 2.00 bits per heavy atom. The van der Waals surface area contributed by atoms with Crippen molar-refractivity contribution in [3.63, 3.8) is 0 Å². The second-order valence-electron chi connectivity index (χ2n) is 6.71. The standard InChI is InChI=1S/C17H32O4/c1-5-7-14(9-6-8-13(4)17(20)21)15(10-12(2)3)11-16(18)19/h12-15H,5-11H2,1-4H3,(H,18,19)(H,20,21). The fraction of sp³-hybridized carbons (Fsp3) is 0.882. The molecule has 21 heavy (non-hydrogen) atoms. The summed E-state index contributed by atoms with van der Waals surface area (Å²) in [6.07, 6.45) is 5.74. The summed E-state index contributed by atoms with van der Waals surface area (Å²) >= 11 is 0. The Kier molecular flexibility index (Phi) is 10.1. The van der Waals surface area contributed by atoms with Crippen molar-refractivity contribution in [1.82, 2.24) is 0 Å². The molecule has 0 heterocycles. The van der Waals surface area contributed by atoms with E-state index < -0.39 is 11.9 Å². The number of carboxylic acids is 2. The smallest absolute Gasteiger partial charge is 0.306 e. The maximum absolute atomic E-state index is 11.1. The first-order valence-corrected chi connectivity index (χ1v) is 8.22. The van der Waals surface area contributed by atoms with Crippen molar-refractivity contribution in [1.29, 1.82) is 0 Å². The molecule has 0 bridgehead atoms. The van der Waals surface area contributed by atoms with Crippen molar-refractivity contribution in [3.8, 4) is 0 Å². The SMILES string of the molecule is CCCC(CCCC(C)C(=O)O)C(CC(=O)O)CC(C)C. The van der Waals surface area contributed by atoms with Crippen LogP contribution in [0.4, 0.5) is 0 Å². The predicted molar refractivity (Wildman–Crippen MR) is 84.2 cm³/mol. The van der Waals surface area contributed by atoms with E-state index in [2.05, 4.69) is 20.8 Å². The number of hydrogen-bond donors (Lipinski definition) is 2. The molecule has 3 atom stereocenters. The summed E-state index contributed by atoms with van der Waals surface area (Å²) in [7, 11) is 0. The van der Waals surface area contributed by atoms with E-state index >= 15 is 0 Å². The number of carboxylic acid groups (broad SMARTS) is 2. The van der Waals surface area contributed by atoms with Gasteiger partial charge in [-0.15, -0.1) is 0 Å². The molecule has 2 N–H and O–H groups in total. The van der Waals surface area contributed by atoms with E-state index in [1.807, 2.05) is 0 Å². The Bertz CT molecular complexity index is 312. The van der Waals surface area contributed by atoms with Gasteiger partial charge >= 0.3 is 11.9 Å². The molecule has 124 valence electrons. The Hall–Kier alpha value is -1.06. The van der Waals surface area contributed by atoms with E-state index in [0.29, 0.717) is 18.3 Å². The summed E-state index contributed by atoms with van der Waals surface area (Å²) in [5.41, 5.74) is 0. The monoisotopic (exact) mass is 300 g/mol. The van der Waals surface area contributed by atoms with E-state index in [1.54, 1.807) is 6.92 Å². The molecule has 0 aliphatic rings. The molecule has 0 aromatic heterocycles. The van der Waals surface area contributed by atoms with Crippen molar-refractivity contribution >= 4 is 11.9 Å². The number of rotatable bonds is 12. The molecule has 4 heteroatoms. The molecule has 0 saturated carbocycles. The minimum Gasteiger partial charge on any atom is -0.481 e. The lowest BCUT2D eigenvalue weighted by Crippen LogP contribution is -2.21. The molecule has 0 amide bonds. The second kappa shape index (κ2) is 10.6. The van der Waals surface area contributed by atoms with Crippen LogP contribution in [0, 0.1) is 23.7 Å². The van der Waals surface area contributed by atoms with E-state index in [4.69, 9.17) is 10.2 Å². The molecular formula is C17H32O4. The van der Waals surface area contributed by atoms with Crippen LogP contribution in [-0.4, -0.2) is 22.2 Å². The highest BCUT2D eigenvalue weighted by Crippen LogP contribution is 2.32. The van der Waals surface area contributed by atoms with Gasteiger partial charge < -0.3 is 10.2 Å². The molecule has 3 unspecified atom stereocenters. The zero-order valence-corrected chi connectivity index (χ0v) is 14.0. The molecular weight excluding hydrogens is 268 g/mol. The minimum atomic E-state index is -0.744. The van der Waals surface area contributed by atoms with Crippen molar-refractivity contribution in [2.45, 2.75) is 72.6 Å². The van der Waals surface area contributed by atoms with Gasteiger partial charge in [0, 0.05) is 6.42 Å². The first-order valence-electron chi connectivity index (χ1n) is 8.22. The van der Waals surface area contributed by atoms with Gasteiger partial charge in [-0.05, 0) is 30.6 Å². The molecule has 0 aromatic carbocycles. The fourth-order valence-corrected chi connectivity index (χ4v) is 3.07. The number of aliphatic carboxylic acids is 2. The van der Waals surface area contributed by atoms with Crippen molar-refractivity contribution in [2.75, 3.05) is 0 Å². The van der Waals surface area contributed by atoms with Crippen LogP contribution >= 0.6 is 0 Å². The van der Waals surface area contributed by atoms with E-state index in [9.17, 15) is 9.59 Å². The van der Waals surface area contributed by atoms with Crippen LogP contribution in [0.2, 0.25) is 0 Å². The summed E-state index contributed by atoms with van der Waals surface area (Å²) < 4.78 is 0. The highest BCUT2D eigenvalue weighted by Gasteiger charge is 2.24. The average molecular weight is 300 g/mol. The van der Waals surface area contributed by atoms with Gasteiger partial charge in [0.2, 0.25) is 0 Å². The van der Waals surface area contributed by atoms with Gasteiger partial charge in [0.15, 0.2) is 0 Å². The Balaban J connectivity index is 4.56. The van der Waals surface area contributed by atoms with E-state index in [0.717, 1.165) is 32.1 Å². The van der Waals surface area contributed by atoms with Crippen LogP contribution in [0.1, 0.15) is 72.6 Å². The summed E-state index contributed by atoms with van der Waals surface area (Å²) in [5, 5.41) is 18.0. The van der Waals surface area contributed by atoms with Gasteiger partial charge in [0.1, 0.15) is 0 Å². The average Bonchev–Trinajstić information content (AvgIpc) is 2.35. The molecule has 0 aliphatic carbocycles. The van der Waals surface area contributed by atoms with E-state index in [1.165, 1.54) is 0 Å². The van der Waals surface area contributed by atoms with Crippen molar-refractivity contribution in [2.24, 2.45) is 23.7 Å². The van der Waals surface area contributed by atoms with Crippen LogP contribution in [0.5, 0.6) is 0 Å². The molecule has 0 saturated heterocycles. The van der Waals surface area contributed by atoms with Crippen LogP contribution < -0.4 is 0 Å². The minimum absolute atomic E-state index is 0.211. The third-order valence-corrected chi connectivity index (χ3v) is 4.17. The number of carbonyl (C=O) groups is 2. The Labute approximate surface area is 128 Å². The van der Waals surface area contributed by atoms with E-state index in [-0.39, 0.29) is 18.3 Å². The van der Waals surface area contributed by atoms with Gasteiger partial charge in [-0.25, -0.2) is 0 Å². The fourth-order valence-electron chi connectivity index (χ4n) is 3.07. The molecule has 0 radical (unpaired) electrons. The second-order valence-corrected chi connectivity index (χ2v) is 6.71. The lowest BCUT2D eigenvalue weighted by molar-refractivity contribution is -0.141. The third-order valence-electron chi connectivity index (χ3n) is 4.17. The quantitative estimate of drug-likeness (QED) is 0.559. The largest absolute Gasteiger partial charge is 0.481 e.